The number of rotatable bonds is 6. The van der Waals surface area contributed by atoms with Crippen molar-refractivity contribution < 1.29 is 14.6 Å². The number of carbonyl (C=O) groups excluding carboxylic acids is 1. The zero-order valence-electron chi connectivity index (χ0n) is 16.2. The standard InChI is InChI=1S/C22H27N3O3/c1-28-19-7-8-20(21(26)14-19)22(27)23-17-3-2-4-18(13-17)25-11-9-24(10-12-25)15-16-5-6-16/h2-4,7-8,13-14,16,26H,5-6,9-12,15H2,1H3,(H,23,27). The number of methoxy groups -OCH3 is 1. The smallest absolute Gasteiger partial charge is 0.259 e. The molecule has 28 heavy (non-hydrogen) atoms. The summed E-state index contributed by atoms with van der Waals surface area (Å²) in [5.41, 5.74) is 2.06. The summed E-state index contributed by atoms with van der Waals surface area (Å²) in [5.74, 6) is 1.00. The molecule has 2 aromatic rings. The van der Waals surface area contributed by atoms with Crippen LogP contribution in [0, 0.1) is 5.92 Å². The third-order valence-corrected chi connectivity index (χ3v) is 5.50. The number of aromatic hydroxyl groups is 1. The van der Waals surface area contributed by atoms with Gasteiger partial charge in [0.15, 0.2) is 0 Å². The normalized spacial score (nSPS) is 17.4. The van der Waals surface area contributed by atoms with E-state index >= 15 is 0 Å². The van der Waals surface area contributed by atoms with Crippen molar-refractivity contribution in [1.29, 1.82) is 0 Å². The second kappa shape index (κ2) is 8.10. The van der Waals surface area contributed by atoms with Gasteiger partial charge in [-0.2, -0.15) is 0 Å². The van der Waals surface area contributed by atoms with Gasteiger partial charge in [0.1, 0.15) is 11.5 Å². The molecule has 2 N–H and O–H groups in total. The second-order valence-electron chi connectivity index (χ2n) is 7.62. The molecule has 2 fully saturated rings. The summed E-state index contributed by atoms with van der Waals surface area (Å²) in [6, 6.07) is 12.6. The maximum Gasteiger partial charge on any atom is 0.259 e. The lowest BCUT2D eigenvalue weighted by atomic mass is 10.1. The molecule has 0 bridgehead atoms. The largest absolute Gasteiger partial charge is 0.507 e. The molecule has 148 valence electrons. The Hall–Kier alpha value is -2.73. The summed E-state index contributed by atoms with van der Waals surface area (Å²) in [6.45, 7) is 5.43. The molecule has 1 saturated carbocycles. The van der Waals surface area contributed by atoms with Gasteiger partial charge in [-0.25, -0.2) is 0 Å². The maximum atomic E-state index is 12.5. The molecule has 1 aliphatic heterocycles. The molecule has 0 radical (unpaired) electrons. The van der Waals surface area contributed by atoms with Crippen LogP contribution >= 0.6 is 0 Å². The number of hydrogen-bond donors (Lipinski definition) is 2. The van der Waals surface area contributed by atoms with Gasteiger partial charge < -0.3 is 20.1 Å². The number of benzene rings is 2. The Balaban J connectivity index is 1.39. The van der Waals surface area contributed by atoms with Crippen LogP contribution in [-0.4, -0.2) is 55.7 Å². The number of phenols is 1. The van der Waals surface area contributed by atoms with Crippen molar-refractivity contribution in [3.63, 3.8) is 0 Å². The molecule has 1 saturated heterocycles. The van der Waals surface area contributed by atoms with Crippen molar-refractivity contribution >= 4 is 17.3 Å². The van der Waals surface area contributed by atoms with Crippen molar-refractivity contribution in [1.82, 2.24) is 4.90 Å². The Bertz CT molecular complexity index is 843. The summed E-state index contributed by atoms with van der Waals surface area (Å²) in [6.07, 6.45) is 2.79. The van der Waals surface area contributed by atoms with Crippen LogP contribution in [0.15, 0.2) is 42.5 Å². The van der Waals surface area contributed by atoms with Crippen LogP contribution in [0.5, 0.6) is 11.5 Å². The second-order valence-corrected chi connectivity index (χ2v) is 7.62. The molecule has 2 aromatic carbocycles. The monoisotopic (exact) mass is 381 g/mol. The van der Waals surface area contributed by atoms with Crippen molar-refractivity contribution in [3.05, 3.63) is 48.0 Å². The van der Waals surface area contributed by atoms with E-state index in [9.17, 15) is 9.90 Å². The minimum absolute atomic E-state index is 0.0974. The number of anilines is 2. The van der Waals surface area contributed by atoms with Gasteiger partial charge in [0.05, 0.1) is 12.7 Å². The molecule has 1 aliphatic carbocycles. The highest BCUT2D eigenvalue weighted by molar-refractivity contribution is 6.06. The number of phenolic OH excluding ortho intramolecular Hbond substituents is 1. The first-order chi connectivity index (χ1) is 13.6. The van der Waals surface area contributed by atoms with Crippen LogP contribution < -0.4 is 15.0 Å². The number of carbonyl (C=O) groups is 1. The fraction of sp³-hybridized carbons (Fsp3) is 0.409. The van der Waals surface area contributed by atoms with Crippen molar-refractivity contribution in [2.75, 3.05) is 50.1 Å². The highest BCUT2D eigenvalue weighted by atomic mass is 16.5. The van der Waals surface area contributed by atoms with Crippen molar-refractivity contribution in [2.24, 2.45) is 5.92 Å². The number of piperazine rings is 1. The highest BCUT2D eigenvalue weighted by Gasteiger charge is 2.26. The third-order valence-electron chi connectivity index (χ3n) is 5.50. The first-order valence-electron chi connectivity index (χ1n) is 9.88. The molecular weight excluding hydrogens is 354 g/mol. The Kier molecular flexibility index (Phi) is 5.39. The fourth-order valence-electron chi connectivity index (χ4n) is 3.66. The van der Waals surface area contributed by atoms with Crippen LogP contribution in [0.2, 0.25) is 0 Å². The molecule has 2 aliphatic rings. The van der Waals surface area contributed by atoms with Crippen LogP contribution in [0.1, 0.15) is 23.2 Å². The third kappa shape index (κ3) is 4.39. The predicted molar refractivity (Wildman–Crippen MR) is 110 cm³/mol. The van der Waals surface area contributed by atoms with E-state index in [-0.39, 0.29) is 17.2 Å². The van der Waals surface area contributed by atoms with E-state index in [0.717, 1.165) is 43.5 Å². The zero-order chi connectivity index (χ0) is 19.5. The van der Waals surface area contributed by atoms with Crippen LogP contribution in [0.4, 0.5) is 11.4 Å². The van der Waals surface area contributed by atoms with E-state index in [4.69, 9.17) is 4.74 Å². The predicted octanol–water partition coefficient (Wildman–Crippen LogP) is 3.19. The fourth-order valence-corrected chi connectivity index (χ4v) is 3.66. The summed E-state index contributed by atoms with van der Waals surface area (Å²) in [5, 5.41) is 12.9. The number of hydrogen-bond acceptors (Lipinski definition) is 5. The van der Waals surface area contributed by atoms with Gasteiger partial charge in [0.25, 0.3) is 5.91 Å². The SMILES string of the molecule is COc1ccc(C(=O)Nc2cccc(N3CCN(CC4CC4)CC3)c2)c(O)c1. The van der Waals surface area contributed by atoms with Crippen molar-refractivity contribution in [3.8, 4) is 11.5 Å². The molecule has 0 atom stereocenters. The van der Waals surface area contributed by atoms with Crippen molar-refractivity contribution in [2.45, 2.75) is 12.8 Å². The van der Waals surface area contributed by atoms with E-state index < -0.39 is 0 Å². The van der Waals surface area contributed by atoms with E-state index in [1.165, 1.54) is 32.6 Å². The first-order valence-corrected chi connectivity index (χ1v) is 9.88. The summed E-state index contributed by atoms with van der Waals surface area (Å²) in [7, 11) is 1.52. The van der Waals surface area contributed by atoms with E-state index in [1.807, 2.05) is 18.2 Å². The molecule has 6 nitrogen and oxygen atoms in total. The molecule has 0 spiro atoms. The lowest BCUT2D eigenvalue weighted by molar-refractivity contribution is 0.102. The van der Waals surface area contributed by atoms with E-state index in [0.29, 0.717) is 5.75 Å². The van der Waals surface area contributed by atoms with Crippen LogP contribution in [-0.2, 0) is 0 Å². The van der Waals surface area contributed by atoms with E-state index in [2.05, 4.69) is 21.2 Å². The van der Waals surface area contributed by atoms with Gasteiger partial charge in [0.2, 0.25) is 0 Å². The zero-order valence-corrected chi connectivity index (χ0v) is 16.2. The van der Waals surface area contributed by atoms with Gasteiger partial charge in [-0.1, -0.05) is 6.07 Å². The summed E-state index contributed by atoms with van der Waals surface area (Å²) < 4.78 is 5.06. The average Bonchev–Trinajstić information content (AvgIpc) is 3.52. The number of nitrogens with one attached hydrogen (secondary N) is 1. The minimum Gasteiger partial charge on any atom is -0.507 e. The van der Waals surface area contributed by atoms with Gasteiger partial charge in [-0.3, -0.25) is 9.69 Å². The molecule has 4 rings (SSSR count). The topological polar surface area (TPSA) is 65.0 Å². The molecule has 0 unspecified atom stereocenters. The van der Waals surface area contributed by atoms with Gasteiger partial charge in [0, 0.05) is 50.2 Å². The molecule has 1 amide bonds. The molecule has 0 aromatic heterocycles. The quantitative estimate of drug-likeness (QED) is 0.805. The summed E-state index contributed by atoms with van der Waals surface area (Å²) in [4.78, 5) is 17.5. The number of nitrogens with zero attached hydrogens (tertiary/aromatic N) is 2. The summed E-state index contributed by atoms with van der Waals surface area (Å²) >= 11 is 0. The Morgan fingerprint density at radius 1 is 1.14 bits per heavy atom. The number of ether oxygens (including phenoxy) is 1. The lowest BCUT2D eigenvalue weighted by Gasteiger charge is -2.36. The lowest BCUT2D eigenvalue weighted by Crippen LogP contribution is -2.47. The van der Waals surface area contributed by atoms with Gasteiger partial charge in [-0.15, -0.1) is 0 Å². The van der Waals surface area contributed by atoms with Crippen LogP contribution in [0.3, 0.4) is 0 Å². The van der Waals surface area contributed by atoms with Crippen LogP contribution in [0.25, 0.3) is 0 Å². The van der Waals surface area contributed by atoms with Gasteiger partial charge >= 0.3 is 0 Å². The highest BCUT2D eigenvalue weighted by Crippen LogP contribution is 2.30. The number of amides is 1. The minimum atomic E-state index is -0.341. The molecule has 6 heteroatoms. The maximum absolute atomic E-state index is 12.5. The molecular formula is C22H27N3O3. The Labute approximate surface area is 165 Å². The molecule has 1 heterocycles. The van der Waals surface area contributed by atoms with Gasteiger partial charge in [-0.05, 0) is 49.1 Å². The first kappa shape index (κ1) is 18.6. The Morgan fingerprint density at radius 3 is 2.61 bits per heavy atom. The average molecular weight is 381 g/mol. The Morgan fingerprint density at radius 2 is 1.93 bits per heavy atom. The van der Waals surface area contributed by atoms with E-state index in [1.54, 1.807) is 12.1 Å².